The van der Waals surface area contributed by atoms with Gasteiger partial charge < -0.3 is 15.1 Å². The Hall–Kier alpha value is -0.740. The molecule has 1 fully saturated rings. The molecule has 2 unspecified atom stereocenters. The van der Waals surface area contributed by atoms with Crippen molar-refractivity contribution in [3.63, 3.8) is 0 Å². The van der Waals surface area contributed by atoms with Crippen LogP contribution in [0.4, 0.5) is 0 Å². The fourth-order valence-corrected chi connectivity index (χ4v) is 3.68. The highest BCUT2D eigenvalue weighted by atomic mass is 79.9. The third-order valence-corrected chi connectivity index (χ3v) is 4.39. The zero-order valence-electron chi connectivity index (χ0n) is 10.8. The molecule has 1 aromatic carbocycles. The number of phenolic OH excluding ortho intramolecular Hbond substituents is 2. The molecule has 0 spiro atoms. The second-order valence-electron chi connectivity index (χ2n) is 5.58. The Kier molecular flexibility index (Phi) is 3.60. The number of likely N-dealkylation sites (N-methyl/N-ethyl adjacent to an activating group) is 1. The zero-order chi connectivity index (χ0) is 12.2. The quantitative estimate of drug-likeness (QED) is 0.724. The lowest BCUT2D eigenvalue weighted by Gasteiger charge is -2.29. The predicted molar refractivity (Wildman–Crippen MR) is 76.9 cm³/mol. The fourth-order valence-electron chi connectivity index (χ4n) is 3.68. The standard InChI is InChI=1S/C14H19NO2.BrH/c1-8-5-12(16)14(17)10-4-3-9-6-15(2)7-11(9)13(8)10;/h5,9,11,16-17H,3-4,6-7H2,1-2H3;1H. The SMILES string of the molecule is Br.Cc1cc(O)c(O)c2c1C1CN(C)CC1CC2. The van der Waals surface area contributed by atoms with E-state index in [9.17, 15) is 10.2 Å². The van der Waals surface area contributed by atoms with Gasteiger partial charge in [0.2, 0.25) is 0 Å². The number of nitrogens with zero attached hydrogens (tertiary/aromatic N) is 1. The highest BCUT2D eigenvalue weighted by molar-refractivity contribution is 8.93. The maximum absolute atomic E-state index is 9.99. The highest BCUT2D eigenvalue weighted by Crippen LogP contribution is 2.47. The Morgan fingerprint density at radius 1 is 1.28 bits per heavy atom. The van der Waals surface area contributed by atoms with Crippen LogP contribution in [0.5, 0.6) is 11.5 Å². The fraction of sp³-hybridized carbons (Fsp3) is 0.571. The number of aromatic hydroxyl groups is 2. The van der Waals surface area contributed by atoms with Crippen LogP contribution >= 0.6 is 17.0 Å². The molecule has 4 heteroatoms. The van der Waals surface area contributed by atoms with Crippen LogP contribution in [-0.2, 0) is 6.42 Å². The molecule has 1 saturated heterocycles. The van der Waals surface area contributed by atoms with Crippen molar-refractivity contribution >= 4 is 17.0 Å². The molecule has 0 aromatic heterocycles. The van der Waals surface area contributed by atoms with E-state index in [0.29, 0.717) is 5.92 Å². The molecule has 1 aliphatic heterocycles. The van der Waals surface area contributed by atoms with Gasteiger partial charge in [0.15, 0.2) is 11.5 Å². The van der Waals surface area contributed by atoms with Crippen LogP contribution in [0.2, 0.25) is 0 Å². The third-order valence-electron chi connectivity index (χ3n) is 4.39. The molecule has 0 bridgehead atoms. The number of aryl methyl sites for hydroxylation is 1. The van der Waals surface area contributed by atoms with E-state index in [1.165, 1.54) is 5.56 Å². The van der Waals surface area contributed by atoms with Crippen LogP contribution < -0.4 is 0 Å². The lowest BCUT2D eigenvalue weighted by atomic mass is 9.75. The second kappa shape index (κ2) is 4.74. The predicted octanol–water partition coefficient (Wildman–Crippen LogP) is 2.58. The number of phenols is 2. The third kappa shape index (κ3) is 1.91. The van der Waals surface area contributed by atoms with Crippen LogP contribution in [-0.4, -0.2) is 35.3 Å². The summed E-state index contributed by atoms with van der Waals surface area (Å²) in [6, 6.07) is 1.70. The summed E-state index contributed by atoms with van der Waals surface area (Å²) < 4.78 is 0. The minimum absolute atomic E-state index is 0. The monoisotopic (exact) mass is 313 g/mol. The van der Waals surface area contributed by atoms with Crippen molar-refractivity contribution in [3.8, 4) is 11.5 Å². The van der Waals surface area contributed by atoms with Crippen LogP contribution in [0, 0.1) is 12.8 Å². The molecule has 1 aliphatic carbocycles. The molecule has 100 valence electrons. The van der Waals surface area contributed by atoms with Gasteiger partial charge >= 0.3 is 0 Å². The first-order valence-corrected chi connectivity index (χ1v) is 6.30. The van der Waals surface area contributed by atoms with Crippen LogP contribution in [0.15, 0.2) is 6.07 Å². The Labute approximate surface area is 118 Å². The summed E-state index contributed by atoms with van der Waals surface area (Å²) in [5.41, 5.74) is 3.40. The molecule has 1 aromatic rings. The summed E-state index contributed by atoms with van der Waals surface area (Å²) in [5.74, 6) is 1.40. The van der Waals surface area contributed by atoms with Crippen molar-refractivity contribution in [1.29, 1.82) is 0 Å². The number of hydrogen-bond donors (Lipinski definition) is 2. The summed E-state index contributed by atoms with van der Waals surface area (Å²) in [6.45, 7) is 4.27. The van der Waals surface area contributed by atoms with E-state index in [0.717, 1.165) is 43.0 Å². The van der Waals surface area contributed by atoms with Crippen LogP contribution in [0.3, 0.4) is 0 Å². The Morgan fingerprint density at radius 3 is 2.72 bits per heavy atom. The summed E-state index contributed by atoms with van der Waals surface area (Å²) in [6.07, 6.45) is 2.02. The van der Waals surface area contributed by atoms with Crippen LogP contribution in [0.1, 0.15) is 29.0 Å². The smallest absolute Gasteiger partial charge is 0.160 e. The van der Waals surface area contributed by atoms with Gasteiger partial charge in [0.05, 0.1) is 0 Å². The van der Waals surface area contributed by atoms with E-state index in [-0.39, 0.29) is 28.5 Å². The average Bonchev–Trinajstić information content (AvgIpc) is 2.65. The first kappa shape index (κ1) is 13.7. The molecular weight excluding hydrogens is 294 g/mol. The van der Waals surface area contributed by atoms with E-state index in [1.807, 2.05) is 6.92 Å². The van der Waals surface area contributed by atoms with Crippen molar-refractivity contribution in [2.75, 3.05) is 20.1 Å². The van der Waals surface area contributed by atoms with Gasteiger partial charge in [0.25, 0.3) is 0 Å². The van der Waals surface area contributed by atoms with Gasteiger partial charge in [0, 0.05) is 24.6 Å². The number of rotatable bonds is 0. The molecule has 0 amide bonds. The summed E-state index contributed by atoms with van der Waals surface area (Å²) in [5, 5.41) is 19.7. The second-order valence-corrected chi connectivity index (χ2v) is 5.58. The number of halogens is 1. The summed E-state index contributed by atoms with van der Waals surface area (Å²) >= 11 is 0. The largest absolute Gasteiger partial charge is 0.504 e. The van der Waals surface area contributed by atoms with Gasteiger partial charge in [-0.05, 0) is 49.9 Å². The maximum atomic E-state index is 9.99. The van der Waals surface area contributed by atoms with E-state index in [2.05, 4.69) is 11.9 Å². The van der Waals surface area contributed by atoms with Crippen molar-refractivity contribution in [1.82, 2.24) is 4.90 Å². The van der Waals surface area contributed by atoms with Gasteiger partial charge in [-0.15, -0.1) is 17.0 Å². The molecular formula is C14H20BrNO2. The normalized spacial score (nSPS) is 26.3. The lowest BCUT2D eigenvalue weighted by molar-refractivity contribution is 0.375. The maximum Gasteiger partial charge on any atom is 0.160 e. The topological polar surface area (TPSA) is 43.7 Å². The lowest BCUT2D eigenvalue weighted by Crippen LogP contribution is -2.20. The molecule has 2 atom stereocenters. The van der Waals surface area contributed by atoms with Crippen molar-refractivity contribution in [2.24, 2.45) is 5.92 Å². The number of likely N-dealkylation sites (tertiary alicyclic amines) is 1. The molecule has 2 N–H and O–H groups in total. The zero-order valence-corrected chi connectivity index (χ0v) is 12.5. The molecule has 18 heavy (non-hydrogen) atoms. The van der Waals surface area contributed by atoms with E-state index >= 15 is 0 Å². The minimum Gasteiger partial charge on any atom is -0.504 e. The molecule has 2 aliphatic rings. The van der Waals surface area contributed by atoms with Crippen LogP contribution in [0.25, 0.3) is 0 Å². The number of hydrogen-bond acceptors (Lipinski definition) is 3. The minimum atomic E-state index is 0. The number of benzene rings is 1. The van der Waals surface area contributed by atoms with Gasteiger partial charge in [0.1, 0.15) is 0 Å². The van der Waals surface area contributed by atoms with E-state index in [4.69, 9.17) is 0 Å². The van der Waals surface area contributed by atoms with Crippen molar-refractivity contribution < 1.29 is 10.2 Å². The molecule has 3 nitrogen and oxygen atoms in total. The first-order chi connectivity index (χ1) is 8.08. The van der Waals surface area contributed by atoms with Gasteiger partial charge in [-0.3, -0.25) is 0 Å². The summed E-state index contributed by atoms with van der Waals surface area (Å²) in [4.78, 5) is 2.37. The van der Waals surface area contributed by atoms with E-state index in [1.54, 1.807) is 6.07 Å². The Bertz CT molecular complexity index is 475. The molecule has 0 radical (unpaired) electrons. The average molecular weight is 314 g/mol. The number of fused-ring (bicyclic) bond motifs is 3. The Morgan fingerprint density at radius 2 is 2.00 bits per heavy atom. The van der Waals surface area contributed by atoms with E-state index < -0.39 is 0 Å². The van der Waals surface area contributed by atoms with Gasteiger partial charge in [-0.25, -0.2) is 0 Å². The van der Waals surface area contributed by atoms with Gasteiger partial charge in [-0.1, -0.05) is 0 Å². The Balaban J connectivity index is 0.00000120. The van der Waals surface area contributed by atoms with Crippen molar-refractivity contribution in [2.45, 2.75) is 25.7 Å². The molecule has 0 saturated carbocycles. The molecule has 3 rings (SSSR count). The molecule has 1 heterocycles. The van der Waals surface area contributed by atoms with Crippen molar-refractivity contribution in [3.05, 3.63) is 22.8 Å². The first-order valence-electron chi connectivity index (χ1n) is 6.30. The van der Waals surface area contributed by atoms with Gasteiger partial charge in [-0.2, -0.15) is 0 Å². The summed E-state index contributed by atoms with van der Waals surface area (Å²) in [7, 11) is 2.16. The highest BCUT2D eigenvalue weighted by Gasteiger charge is 2.38.